The Hall–Kier alpha value is -2.20. The van der Waals surface area contributed by atoms with Crippen LogP contribution < -0.4 is 0 Å². The minimum Gasteiger partial charge on any atom is -0.261 e. The molecule has 1 N–H and O–H groups in total. The lowest BCUT2D eigenvalue weighted by Crippen LogP contribution is -1.99. The number of rotatable bonds is 4. The van der Waals surface area contributed by atoms with Crippen LogP contribution in [0.5, 0.6) is 0 Å². The summed E-state index contributed by atoms with van der Waals surface area (Å²) in [5.74, 6) is 0. The van der Waals surface area contributed by atoms with Crippen molar-refractivity contribution in [3.63, 3.8) is 0 Å². The molecule has 2 aromatic heterocycles. The van der Waals surface area contributed by atoms with E-state index in [2.05, 4.69) is 51.4 Å². The second-order valence-corrected chi connectivity index (χ2v) is 5.42. The Balaban J connectivity index is 2.22. The van der Waals surface area contributed by atoms with Crippen molar-refractivity contribution in [3.05, 3.63) is 58.6 Å². The van der Waals surface area contributed by atoms with E-state index in [1.807, 2.05) is 13.0 Å². The molecule has 22 heavy (non-hydrogen) atoms. The van der Waals surface area contributed by atoms with Gasteiger partial charge in [0.1, 0.15) is 0 Å². The molecule has 0 spiro atoms. The van der Waals surface area contributed by atoms with Crippen LogP contribution in [0, 0.1) is 0 Å². The van der Waals surface area contributed by atoms with Crippen LogP contribution in [0.15, 0.2) is 36.5 Å². The fourth-order valence-corrected chi connectivity index (χ4v) is 2.87. The van der Waals surface area contributed by atoms with Gasteiger partial charge in [0.15, 0.2) is 5.65 Å². The molecule has 0 fully saturated rings. The van der Waals surface area contributed by atoms with Crippen molar-refractivity contribution in [2.24, 2.45) is 0 Å². The highest BCUT2D eigenvalue weighted by atomic mass is 35.5. The number of benzene rings is 1. The van der Waals surface area contributed by atoms with E-state index < -0.39 is 0 Å². The molecule has 3 aromatic rings. The van der Waals surface area contributed by atoms with Gasteiger partial charge in [0.05, 0.1) is 17.3 Å². The van der Waals surface area contributed by atoms with Crippen molar-refractivity contribution in [3.8, 4) is 0 Å². The summed E-state index contributed by atoms with van der Waals surface area (Å²) in [4.78, 5) is 8.62. The van der Waals surface area contributed by atoms with E-state index in [1.54, 1.807) is 6.20 Å². The van der Waals surface area contributed by atoms with E-state index in [9.17, 15) is 0 Å². The zero-order valence-electron chi connectivity index (χ0n) is 12.6. The molecule has 0 unspecified atom stereocenters. The van der Waals surface area contributed by atoms with Gasteiger partial charge >= 0.3 is 0 Å². The number of fused-ring (bicyclic) bond motifs is 1. The predicted molar refractivity (Wildman–Crippen MR) is 89.9 cm³/mol. The number of allylic oxidation sites excluding steroid dienone is 1. The summed E-state index contributed by atoms with van der Waals surface area (Å²) in [6.45, 7) is 4.20. The van der Waals surface area contributed by atoms with Gasteiger partial charge in [0, 0.05) is 5.57 Å². The van der Waals surface area contributed by atoms with Crippen LogP contribution in [0.3, 0.4) is 0 Å². The van der Waals surface area contributed by atoms with E-state index >= 15 is 0 Å². The Morgan fingerprint density at radius 1 is 1.27 bits per heavy atom. The van der Waals surface area contributed by atoms with E-state index in [0.717, 1.165) is 29.5 Å². The van der Waals surface area contributed by atoms with Gasteiger partial charge in [-0.1, -0.05) is 43.7 Å². The standard InChI is InChI=1S/C17H17ClN4/c1-3-7-11-8-5-6-9-13(11)12(4-2)15-14-10-19-22-16(14)21-17(18)20-15/h4-6,8-10H,3,7H2,1-2H3,(H,19,20,21,22)/b12-4+. The quantitative estimate of drug-likeness (QED) is 0.726. The van der Waals surface area contributed by atoms with Crippen LogP contribution in [-0.2, 0) is 6.42 Å². The van der Waals surface area contributed by atoms with E-state index in [1.165, 1.54) is 11.1 Å². The Labute approximate surface area is 134 Å². The van der Waals surface area contributed by atoms with Gasteiger partial charge in [-0.3, -0.25) is 5.10 Å². The molecule has 5 heteroatoms. The molecule has 0 bridgehead atoms. The molecular formula is C17H17ClN4. The fraction of sp³-hybridized carbons (Fsp3) is 0.235. The molecule has 0 saturated heterocycles. The minimum absolute atomic E-state index is 0.221. The van der Waals surface area contributed by atoms with Crippen molar-refractivity contribution in [2.75, 3.05) is 0 Å². The fourth-order valence-electron chi connectivity index (χ4n) is 2.70. The normalized spacial score (nSPS) is 12.0. The first-order valence-corrected chi connectivity index (χ1v) is 7.74. The van der Waals surface area contributed by atoms with Crippen molar-refractivity contribution in [1.82, 2.24) is 20.2 Å². The zero-order chi connectivity index (χ0) is 15.5. The molecule has 0 amide bonds. The van der Waals surface area contributed by atoms with Crippen LogP contribution in [0.2, 0.25) is 5.28 Å². The lowest BCUT2D eigenvalue weighted by Gasteiger charge is -2.13. The molecule has 0 saturated carbocycles. The van der Waals surface area contributed by atoms with Gasteiger partial charge in [-0.2, -0.15) is 10.1 Å². The Morgan fingerprint density at radius 2 is 2.09 bits per heavy atom. The van der Waals surface area contributed by atoms with E-state index in [0.29, 0.717) is 5.65 Å². The molecule has 2 heterocycles. The van der Waals surface area contributed by atoms with Gasteiger partial charge in [-0.15, -0.1) is 0 Å². The third-order valence-corrected chi connectivity index (χ3v) is 3.82. The maximum atomic E-state index is 6.07. The highest BCUT2D eigenvalue weighted by molar-refractivity contribution is 6.28. The van der Waals surface area contributed by atoms with Gasteiger partial charge in [-0.05, 0) is 36.1 Å². The number of hydrogen-bond donors (Lipinski definition) is 1. The topological polar surface area (TPSA) is 54.5 Å². The minimum atomic E-state index is 0.221. The summed E-state index contributed by atoms with van der Waals surface area (Å²) in [7, 11) is 0. The Bertz CT molecular complexity index is 836. The SMILES string of the molecule is C/C=C(\c1ccccc1CCC)c1nc(Cl)nc2[nH]ncc12. The van der Waals surface area contributed by atoms with Crippen LogP contribution >= 0.6 is 11.6 Å². The van der Waals surface area contributed by atoms with Gasteiger partial charge in [0.2, 0.25) is 5.28 Å². The van der Waals surface area contributed by atoms with Crippen molar-refractivity contribution < 1.29 is 0 Å². The largest absolute Gasteiger partial charge is 0.261 e. The second kappa shape index (κ2) is 6.28. The molecule has 0 aliphatic carbocycles. The van der Waals surface area contributed by atoms with Gasteiger partial charge < -0.3 is 0 Å². The number of H-pyrrole nitrogens is 1. The Kier molecular flexibility index (Phi) is 4.20. The molecule has 4 nitrogen and oxygen atoms in total. The van der Waals surface area contributed by atoms with E-state index in [-0.39, 0.29) is 5.28 Å². The first-order valence-electron chi connectivity index (χ1n) is 7.36. The van der Waals surface area contributed by atoms with Crippen LogP contribution in [0.1, 0.15) is 37.1 Å². The predicted octanol–water partition coefficient (Wildman–Crippen LogP) is 4.41. The monoisotopic (exact) mass is 312 g/mol. The van der Waals surface area contributed by atoms with E-state index in [4.69, 9.17) is 11.6 Å². The summed E-state index contributed by atoms with van der Waals surface area (Å²) in [5.41, 5.74) is 5.02. The lowest BCUT2D eigenvalue weighted by molar-refractivity contribution is 0.918. The third-order valence-electron chi connectivity index (χ3n) is 3.65. The first-order chi connectivity index (χ1) is 10.7. The summed E-state index contributed by atoms with van der Waals surface area (Å²) in [5, 5.41) is 8.02. The molecule has 3 rings (SSSR count). The summed E-state index contributed by atoms with van der Waals surface area (Å²) >= 11 is 6.07. The van der Waals surface area contributed by atoms with Crippen LogP contribution in [-0.4, -0.2) is 20.2 Å². The molecule has 1 aromatic carbocycles. The van der Waals surface area contributed by atoms with Crippen molar-refractivity contribution >= 4 is 28.2 Å². The average Bonchev–Trinajstić information content (AvgIpc) is 2.98. The van der Waals surface area contributed by atoms with Gasteiger partial charge in [0.25, 0.3) is 0 Å². The summed E-state index contributed by atoms with van der Waals surface area (Å²) in [6.07, 6.45) is 5.94. The molecule has 0 radical (unpaired) electrons. The number of nitrogens with zero attached hydrogens (tertiary/aromatic N) is 3. The summed E-state index contributed by atoms with van der Waals surface area (Å²) in [6, 6.07) is 8.41. The van der Waals surface area contributed by atoms with Crippen LogP contribution in [0.4, 0.5) is 0 Å². The van der Waals surface area contributed by atoms with Gasteiger partial charge in [-0.25, -0.2) is 4.98 Å². The Morgan fingerprint density at radius 3 is 2.86 bits per heavy atom. The smallest absolute Gasteiger partial charge is 0.224 e. The van der Waals surface area contributed by atoms with Crippen molar-refractivity contribution in [2.45, 2.75) is 26.7 Å². The molecule has 0 atom stereocenters. The number of aromatic nitrogens is 4. The number of halogens is 1. The molecule has 0 aliphatic heterocycles. The second-order valence-electron chi connectivity index (χ2n) is 5.08. The molecule has 0 aliphatic rings. The lowest BCUT2D eigenvalue weighted by atomic mass is 9.93. The molecular weight excluding hydrogens is 296 g/mol. The zero-order valence-corrected chi connectivity index (χ0v) is 13.4. The van der Waals surface area contributed by atoms with Crippen molar-refractivity contribution in [1.29, 1.82) is 0 Å². The number of hydrogen-bond acceptors (Lipinski definition) is 3. The number of aryl methyl sites for hydroxylation is 1. The highest BCUT2D eigenvalue weighted by Gasteiger charge is 2.15. The maximum Gasteiger partial charge on any atom is 0.224 e. The average molecular weight is 313 g/mol. The molecule has 112 valence electrons. The first kappa shape index (κ1) is 14.7. The number of nitrogens with one attached hydrogen (secondary N) is 1. The highest BCUT2D eigenvalue weighted by Crippen LogP contribution is 2.30. The van der Waals surface area contributed by atoms with Crippen LogP contribution in [0.25, 0.3) is 16.6 Å². The maximum absolute atomic E-state index is 6.07. The third kappa shape index (κ3) is 2.62. The summed E-state index contributed by atoms with van der Waals surface area (Å²) < 4.78 is 0. The number of aromatic amines is 1.